The van der Waals surface area contributed by atoms with Crippen molar-refractivity contribution in [1.29, 1.82) is 0 Å². The van der Waals surface area contributed by atoms with E-state index in [2.05, 4.69) is 72.4 Å². The summed E-state index contributed by atoms with van der Waals surface area (Å²) in [5, 5.41) is 16.2. The first-order chi connectivity index (χ1) is 16.2. The summed E-state index contributed by atoms with van der Waals surface area (Å²) in [6.45, 7) is 16.8. The smallest absolute Gasteiger partial charge is 0.247 e. The second-order valence-corrected chi connectivity index (χ2v) is 9.69. The summed E-state index contributed by atoms with van der Waals surface area (Å²) in [6, 6.07) is 17.4. The van der Waals surface area contributed by atoms with Crippen molar-refractivity contribution in [3.63, 3.8) is 0 Å². The molecule has 0 bridgehead atoms. The van der Waals surface area contributed by atoms with Crippen molar-refractivity contribution >= 4 is 0 Å². The minimum atomic E-state index is 0. The van der Waals surface area contributed by atoms with Crippen LogP contribution in [0, 0.1) is 6.07 Å². The fourth-order valence-corrected chi connectivity index (χ4v) is 3.13. The van der Waals surface area contributed by atoms with Crippen molar-refractivity contribution in [2.24, 2.45) is 0 Å². The van der Waals surface area contributed by atoms with Gasteiger partial charge in [0.05, 0.1) is 0 Å². The Morgan fingerprint density at radius 3 is 1.49 bits per heavy atom. The number of nitrogens with zero attached hydrogens (tertiary/aromatic N) is 4. The van der Waals surface area contributed by atoms with E-state index in [4.69, 9.17) is 8.83 Å². The van der Waals surface area contributed by atoms with E-state index >= 15 is 0 Å². The van der Waals surface area contributed by atoms with Gasteiger partial charge in [-0.15, -0.1) is 20.4 Å². The maximum atomic E-state index is 5.62. The van der Waals surface area contributed by atoms with Crippen molar-refractivity contribution in [2.75, 3.05) is 0 Å². The molecule has 0 aliphatic carbocycles. The predicted molar refractivity (Wildman–Crippen MR) is 135 cm³/mol. The summed E-state index contributed by atoms with van der Waals surface area (Å²) < 4.78 is 11.2. The Labute approximate surface area is 234 Å². The van der Waals surface area contributed by atoms with E-state index in [1.165, 1.54) is 11.1 Å². The van der Waals surface area contributed by atoms with E-state index in [-0.39, 0.29) is 44.5 Å². The van der Waals surface area contributed by atoms with Crippen LogP contribution in [0.1, 0.15) is 102 Å². The van der Waals surface area contributed by atoms with Crippen LogP contribution in [-0.4, -0.2) is 20.4 Å². The number of benzene rings is 2. The molecule has 4 rings (SSSR count). The monoisotopic (exact) mass is 548 g/mol. The van der Waals surface area contributed by atoms with Crippen LogP contribution in [-0.2, 0) is 32.7 Å². The Hall–Kier alpha value is -2.18. The minimum Gasteiger partial charge on any atom is -0.432 e. The van der Waals surface area contributed by atoms with Crippen LogP contribution in [0.5, 0.6) is 0 Å². The molecular formula is C28H35N4O2Y-. The third-order valence-corrected chi connectivity index (χ3v) is 5.42. The van der Waals surface area contributed by atoms with Crippen LogP contribution in [0.2, 0.25) is 0 Å². The van der Waals surface area contributed by atoms with Crippen molar-refractivity contribution in [1.82, 2.24) is 20.4 Å². The molecule has 0 aliphatic heterocycles. The topological polar surface area (TPSA) is 77.8 Å². The molecule has 2 aromatic heterocycles. The van der Waals surface area contributed by atoms with Gasteiger partial charge in [0.25, 0.3) is 0 Å². The van der Waals surface area contributed by atoms with Crippen molar-refractivity contribution in [3.8, 4) is 22.9 Å². The largest absolute Gasteiger partial charge is 0.432 e. The zero-order chi connectivity index (χ0) is 24.8. The molecular weight excluding hydrogens is 513 g/mol. The first-order valence-electron chi connectivity index (χ1n) is 11.9. The van der Waals surface area contributed by atoms with E-state index in [1.54, 1.807) is 0 Å². The van der Waals surface area contributed by atoms with Gasteiger partial charge in [0.2, 0.25) is 17.7 Å². The molecule has 0 fully saturated rings. The zero-order valence-electron chi connectivity index (χ0n) is 22.0. The molecule has 4 aromatic rings. The Kier molecular flexibility index (Phi) is 11.0. The fourth-order valence-electron chi connectivity index (χ4n) is 3.13. The molecule has 1 radical (unpaired) electrons. The van der Waals surface area contributed by atoms with Gasteiger partial charge in [-0.2, -0.15) is 29.8 Å². The first kappa shape index (κ1) is 29.1. The average molecular weight is 549 g/mol. The Bertz CT molecular complexity index is 1180. The van der Waals surface area contributed by atoms with Crippen LogP contribution >= 0.6 is 0 Å². The molecule has 0 saturated carbocycles. The average Bonchev–Trinajstić information content (AvgIpc) is 3.50. The fraction of sp³-hybridized carbons (Fsp3) is 0.429. The molecule has 0 aliphatic rings. The first-order valence-corrected chi connectivity index (χ1v) is 11.9. The molecule has 2 heterocycles. The van der Waals surface area contributed by atoms with Crippen molar-refractivity contribution < 1.29 is 41.5 Å². The second kappa shape index (κ2) is 13.2. The molecule has 183 valence electrons. The third-order valence-electron chi connectivity index (χ3n) is 5.42. The van der Waals surface area contributed by atoms with E-state index in [9.17, 15) is 0 Å². The molecule has 6 nitrogen and oxygen atoms in total. The Morgan fingerprint density at radius 2 is 1.06 bits per heavy atom. The third kappa shape index (κ3) is 7.91. The quantitative estimate of drug-likeness (QED) is 0.229. The normalized spacial score (nSPS) is 11.1. The molecule has 0 spiro atoms. The van der Waals surface area contributed by atoms with Crippen LogP contribution in [0.25, 0.3) is 22.9 Å². The van der Waals surface area contributed by atoms with Gasteiger partial charge < -0.3 is 8.83 Å². The molecule has 7 heteroatoms. The molecule has 0 amide bonds. The van der Waals surface area contributed by atoms with Gasteiger partial charge in [0.1, 0.15) is 0 Å². The SMILES string of the molecule is CC(C)c1c[c-]cc(-c2nnc(C(C)C)o2)c1.CC(C)c1ccc(-c2nnc(C(C)C)o2)cc1.[Y]. The standard InChI is InChI=1S/C14H18N2O.C14H17N2O.Y/c1-9(2)11-5-7-12(8-6-11)14-16-15-13(17-14)10(3)4;1-9(2)11-6-5-7-12(8-11)14-16-15-13(17-14)10(3)4;/h5-10H,1-4H3;6-10H,1-4H3;/q;-1;. The Morgan fingerprint density at radius 1 is 0.571 bits per heavy atom. The summed E-state index contributed by atoms with van der Waals surface area (Å²) in [4.78, 5) is 0. The van der Waals surface area contributed by atoms with Crippen LogP contribution in [0.4, 0.5) is 0 Å². The molecule has 0 N–H and O–H groups in total. The molecule has 2 aromatic carbocycles. The van der Waals surface area contributed by atoms with Gasteiger partial charge in [-0.1, -0.05) is 79.0 Å². The van der Waals surface area contributed by atoms with E-state index < -0.39 is 0 Å². The van der Waals surface area contributed by atoms with Gasteiger partial charge in [0, 0.05) is 50.1 Å². The van der Waals surface area contributed by atoms with Crippen LogP contribution in [0.15, 0.2) is 51.3 Å². The van der Waals surface area contributed by atoms with E-state index in [1.807, 2.05) is 52.0 Å². The predicted octanol–water partition coefficient (Wildman–Crippen LogP) is 7.76. The summed E-state index contributed by atoms with van der Waals surface area (Å²) in [5.74, 6) is 4.08. The zero-order valence-corrected chi connectivity index (χ0v) is 24.9. The minimum absolute atomic E-state index is 0. The van der Waals surface area contributed by atoms with Crippen molar-refractivity contribution in [2.45, 2.75) is 79.1 Å². The summed E-state index contributed by atoms with van der Waals surface area (Å²) in [6.07, 6.45) is 0. The number of hydrogen-bond donors (Lipinski definition) is 0. The number of rotatable bonds is 6. The van der Waals surface area contributed by atoms with Crippen molar-refractivity contribution in [3.05, 3.63) is 71.4 Å². The maximum absolute atomic E-state index is 5.62. The molecule has 0 unspecified atom stereocenters. The van der Waals surface area contributed by atoms with Gasteiger partial charge in [0.15, 0.2) is 5.89 Å². The van der Waals surface area contributed by atoms with Crippen LogP contribution in [0.3, 0.4) is 0 Å². The van der Waals surface area contributed by atoms with Gasteiger partial charge in [-0.3, -0.25) is 0 Å². The number of hydrogen-bond acceptors (Lipinski definition) is 6. The van der Waals surface area contributed by atoms with E-state index in [0.717, 1.165) is 11.1 Å². The van der Waals surface area contributed by atoms with E-state index in [0.29, 0.717) is 35.4 Å². The Balaban J connectivity index is 0.000000240. The second-order valence-electron chi connectivity index (χ2n) is 9.69. The molecule has 0 saturated heterocycles. The summed E-state index contributed by atoms with van der Waals surface area (Å²) >= 11 is 0. The van der Waals surface area contributed by atoms with Gasteiger partial charge in [-0.25, -0.2) is 0 Å². The van der Waals surface area contributed by atoms with Gasteiger partial charge in [-0.05, 0) is 23.6 Å². The molecule has 0 atom stereocenters. The van der Waals surface area contributed by atoms with Crippen LogP contribution < -0.4 is 0 Å². The number of aromatic nitrogens is 4. The molecule has 35 heavy (non-hydrogen) atoms. The summed E-state index contributed by atoms with van der Waals surface area (Å²) in [5.41, 5.74) is 4.47. The van der Waals surface area contributed by atoms with Gasteiger partial charge >= 0.3 is 0 Å². The maximum Gasteiger partial charge on any atom is 0.247 e. The summed E-state index contributed by atoms with van der Waals surface area (Å²) in [7, 11) is 0.